The standard InChI is InChI=1S/C29H60/c1-5-7-9-11-13-15-16-17-18-20-22-24-26-29(4)27-28(3)25-23-21-19-14-12-10-8-6-2/h28-29H,5-27H2,1-4H3. The zero-order valence-corrected chi connectivity index (χ0v) is 21.4. The molecule has 0 aliphatic heterocycles. The first-order valence-corrected chi connectivity index (χ1v) is 14.2. The fourth-order valence-corrected chi connectivity index (χ4v) is 4.88. The van der Waals surface area contributed by atoms with Crippen molar-refractivity contribution in [2.24, 2.45) is 11.8 Å². The monoisotopic (exact) mass is 408 g/mol. The van der Waals surface area contributed by atoms with Crippen molar-refractivity contribution >= 4 is 0 Å². The van der Waals surface area contributed by atoms with Gasteiger partial charge in [-0.1, -0.05) is 169 Å². The van der Waals surface area contributed by atoms with Crippen molar-refractivity contribution in [3.63, 3.8) is 0 Å². The second-order valence-electron chi connectivity index (χ2n) is 10.4. The van der Waals surface area contributed by atoms with Gasteiger partial charge in [-0.3, -0.25) is 0 Å². The third-order valence-corrected chi connectivity index (χ3v) is 6.91. The molecule has 0 aliphatic carbocycles. The molecule has 0 saturated carbocycles. The van der Waals surface area contributed by atoms with Crippen molar-refractivity contribution < 1.29 is 0 Å². The Labute approximate surface area is 187 Å². The molecule has 0 radical (unpaired) electrons. The second kappa shape index (κ2) is 24.3. The minimum absolute atomic E-state index is 0.946. The van der Waals surface area contributed by atoms with Crippen LogP contribution in [0.5, 0.6) is 0 Å². The molecular weight excluding hydrogens is 348 g/mol. The predicted molar refractivity (Wildman–Crippen MR) is 136 cm³/mol. The first kappa shape index (κ1) is 29.0. The Hall–Kier alpha value is 0. The summed E-state index contributed by atoms with van der Waals surface area (Å²) in [5.41, 5.74) is 0. The Morgan fingerprint density at radius 1 is 0.345 bits per heavy atom. The van der Waals surface area contributed by atoms with Crippen LogP contribution in [0.15, 0.2) is 0 Å². The van der Waals surface area contributed by atoms with E-state index in [1.807, 2.05) is 0 Å². The fraction of sp³-hybridized carbons (Fsp3) is 1.00. The number of hydrogen-bond donors (Lipinski definition) is 0. The van der Waals surface area contributed by atoms with Crippen LogP contribution in [0, 0.1) is 11.8 Å². The highest BCUT2D eigenvalue weighted by Gasteiger charge is 2.08. The molecule has 2 unspecified atom stereocenters. The van der Waals surface area contributed by atoms with E-state index in [4.69, 9.17) is 0 Å². The molecule has 0 rings (SSSR count). The highest BCUT2D eigenvalue weighted by atomic mass is 14.1. The van der Waals surface area contributed by atoms with Crippen LogP contribution in [0.2, 0.25) is 0 Å². The molecule has 0 spiro atoms. The lowest BCUT2D eigenvalue weighted by Crippen LogP contribution is -2.03. The van der Waals surface area contributed by atoms with Crippen LogP contribution in [0.3, 0.4) is 0 Å². The third kappa shape index (κ3) is 24.1. The van der Waals surface area contributed by atoms with Crippen LogP contribution in [0.25, 0.3) is 0 Å². The van der Waals surface area contributed by atoms with Gasteiger partial charge in [0.25, 0.3) is 0 Å². The first-order valence-electron chi connectivity index (χ1n) is 14.2. The van der Waals surface area contributed by atoms with E-state index in [-0.39, 0.29) is 0 Å². The van der Waals surface area contributed by atoms with E-state index in [1.54, 1.807) is 0 Å². The largest absolute Gasteiger partial charge is 0.0654 e. The molecule has 0 nitrogen and oxygen atoms in total. The average Bonchev–Trinajstić information content (AvgIpc) is 2.70. The van der Waals surface area contributed by atoms with E-state index in [0.717, 1.165) is 11.8 Å². The summed E-state index contributed by atoms with van der Waals surface area (Å²) in [6.07, 6.45) is 33.7. The van der Waals surface area contributed by atoms with Crippen LogP contribution in [-0.4, -0.2) is 0 Å². The summed E-state index contributed by atoms with van der Waals surface area (Å²) in [5, 5.41) is 0. The molecule has 0 aliphatic rings. The lowest BCUT2D eigenvalue weighted by molar-refractivity contribution is 0.356. The molecule has 0 fully saturated rings. The van der Waals surface area contributed by atoms with Gasteiger partial charge in [0.2, 0.25) is 0 Å². The van der Waals surface area contributed by atoms with Crippen molar-refractivity contribution in [1.82, 2.24) is 0 Å². The minimum Gasteiger partial charge on any atom is -0.0654 e. The van der Waals surface area contributed by atoms with Crippen molar-refractivity contribution in [2.45, 2.75) is 175 Å². The molecule has 2 atom stereocenters. The first-order chi connectivity index (χ1) is 14.2. The van der Waals surface area contributed by atoms with Gasteiger partial charge in [0.15, 0.2) is 0 Å². The Bertz CT molecular complexity index is 282. The van der Waals surface area contributed by atoms with Gasteiger partial charge in [0.05, 0.1) is 0 Å². The molecule has 0 N–H and O–H groups in total. The second-order valence-corrected chi connectivity index (χ2v) is 10.4. The maximum absolute atomic E-state index is 2.50. The number of rotatable bonds is 24. The van der Waals surface area contributed by atoms with Crippen LogP contribution >= 0.6 is 0 Å². The maximum atomic E-state index is 2.50. The van der Waals surface area contributed by atoms with Gasteiger partial charge in [-0.25, -0.2) is 0 Å². The Kier molecular flexibility index (Phi) is 24.3. The third-order valence-electron chi connectivity index (χ3n) is 6.91. The molecular formula is C29H60. The van der Waals surface area contributed by atoms with Gasteiger partial charge in [-0.15, -0.1) is 0 Å². The topological polar surface area (TPSA) is 0 Å². The summed E-state index contributed by atoms with van der Waals surface area (Å²) < 4.78 is 0. The molecule has 0 amide bonds. The SMILES string of the molecule is CCCCCCCCCCCCCCC(C)CC(C)CCCCCCCCCC. The quantitative estimate of drug-likeness (QED) is 0.139. The van der Waals surface area contributed by atoms with E-state index < -0.39 is 0 Å². The summed E-state index contributed by atoms with van der Waals surface area (Å²) in [6, 6.07) is 0. The van der Waals surface area contributed by atoms with Crippen molar-refractivity contribution in [2.75, 3.05) is 0 Å². The average molecular weight is 409 g/mol. The molecule has 0 aromatic carbocycles. The van der Waals surface area contributed by atoms with E-state index >= 15 is 0 Å². The predicted octanol–water partition coefficient (Wildman–Crippen LogP) is 11.3. The van der Waals surface area contributed by atoms with E-state index in [2.05, 4.69) is 27.7 Å². The molecule has 0 heterocycles. The Balaban J connectivity index is 3.28. The molecule has 0 heteroatoms. The smallest absolute Gasteiger partial charge is 0.0440 e. The Morgan fingerprint density at radius 3 is 0.862 bits per heavy atom. The van der Waals surface area contributed by atoms with Crippen LogP contribution in [0.4, 0.5) is 0 Å². The van der Waals surface area contributed by atoms with Gasteiger partial charge in [0.1, 0.15) is 0 Å². The van der Waals surface area contributed by atoms with Crippen molar-refractivity contribution in [3.05, 3.63) is 0 Å². The van der Waals surface area contributed by atoms with E-state index in [9.17, 15) is 0 Å². The molecule has 0 aromatic heterocycles. The zero-order chi connectivity index (χ0) is 21.4. The number of hydrogen-bond acceptors (Lipinski definition) is 0. The van der Waals surface area contributed by atoms with Gasteiger partial charge >= 0.3 is 0 Å². The summed E-state index contributed by atoms with van der Waals surface area (Å²) in [6.45, 7) is 9.61. The molecule has 29 heavy (non-hydrogen) atoms. The van der Waals surface area contributed by atoms with Crippen molar-refractivity contribution in [1.29, 1.82) is 0 Å². The zero-order valence-electron chi connectivity index (χ0n) is 21.4. The lowest BCUT2D eigenvalue weighted by atomic mass is 9.89. The van der Waals surface area contributed by atoms with Crippen LogP contribution in [-0.2, 0) is 0 Å². The van der Waals surface area contributed by atoms with Crippen LogP contribution < -0.4 is 0 Å². The maximum Gasteiger partial charge on any atom is -0.0440 e. The normalized spacial score (nSPS) is 13.7. The molecule has 0 saturated heterocycles. The highest BCUT2D eigenvalue weighted by molar-refractivity contribution is 4.61. The molecule has 176 valence electrons. The summed E-state index contributed by atoms with van der Waals surface area (Å²) in [4.78, 5) is 0. The lowest BCUT2D eigenvalue weighted by Gasteiger charge is -2.17. The molecule has 0 bridgehead atoms. The summed E-state index contributed by atoms with van der Waals surface area (Å²) in [5.74, 6) is 1.89. The highest BCUT2D eigenvalue weighted by Crippen LogP contribution is 2.23. The van der Waals surface area contributed by atoms with Gasteiger partial charge in [-0.2, -0.15) is 0 Å². The van der Waals surface area contributed by atoms with Gasteiger partial charge < -0.3 is 0 Å². The minimum atomic E-state index is 0.946. The van der Waals surface area contributed by atoms with E-state index in [1.165, 1.54) is 148 Å². The van der Waals surface area contributed by atoms with Gasteiger partial charge in [-0.05, 0) is 18.3 Å². The number of unbranched alkanes of at least 4 members (excludes halogenated alkanes) is 18. The van der Waals surface area contributed by atoms with Crippen LogP contribution in [0.1, 0.15) is 175 Å². The Morgan fingerprint density at radius 2 is 0.586 bits per heavy atom. The molecule has 0 aromatic rings. The van der Waals surface area contributed by atoms with Gasteiger partial charge in [0, 0.05) is 0 Å². The summed E-state index contributed by atoms with van der Waals surface area (Å²) >= 11 is 0. The van der Waals surface area contributed by atoms with Crippen molar-refractivity contribution in [3.8, 4) is 0 Å². The summed E-state index contributed by atoms with van der Waals surface area (Å²) in [7, 11) is 0. The van der Waals surface area contributed by atoms with E-state index in [0.29, 0.717) is 0 Å². The fourth-order valence-electron chi connectivity index (χ4n) is 4.88.